The maximum atomic E-state index is 12.5. The number of hydrogen-bond donors (Lipinski definition) is 0. The Labute approximate surface area is 67.2 Å². The molecule has 0 saturated heterocycles. The topological polar surface area (TPSA) is 18.5 Å². The highest BCUT2D eigenvalue weighted by Crippen LogP contribution is 2.30. The van der Waals surface area contributed by atoms with Gasteiger partial charge < -0.3 is 9.47 Å². The molecule has 0 heterocycles. The lowest BCUT2D eigenvalue weighted by atomic mass is 10.3. The summed E-state index contributed by atoms with van der Waals surface area (Å²) in [4.78, 5) is 0. The Bertz CT molecular complexity index is 116. The van der Waals surface area contributed by atoms with Gasteiger partial charge in [-0.3, -0.25) is 0 Å². The van der Waals surface area contributed by atoms with Crippen molar-refractivity contribution in [2.45, 2.75) is 17.8 Å². The van der Waals surface area contributed by atoms with Crippen LogP contribution in [-0.4, -0.2) is 32.1 Å². The summed E-state index contributed by atoms with van der Waals surface area (Å²) >= 11 is 4.55. The van der Waals surface area contributed by atoms with Crippen molar-refractivity contribution in [3.63, 3.8) is 0 Å². The number of methoxy groups -OCH3 is 2. The fraction of sp³-hybridized carbons (Fsp3) is 1.00. The van der Waals surface area contributed by atoms with E-state index in [-0.39, 0.29) is 0 Å². The van der Waals surface area contributed by atoms with Gasteiger partial charge in [0.05, 0.1) is 0 Å². The van der Waals surface area contributed by atoms with Crippen molar-refractivity contribution in [2.24, 2.45) is 0 Å². The van der Waals surface area contributed by atoms with Crippen LogP contribution >= 0.6 is 11.6 Å². The average Bonchev–Trinajstić information content (AvgIpc) is 1.89. The summed E-state index contributed by atoms with van der Waals surface area (Å²) in [5.74, 6) is -3.83. The van der Waals surface area contributed by atoms with E-state index in [1.54, 1.807) is 0 Å². The van der Waals surface area contributed by atoms with E-state index < -0.39 is 17.8 Å². The van der Waals surface area contributed by atoms with Crippen molar-refractivity contribution in [3.05, 3.63) is 0 Å². The van der Waals surface area contributed by atoms with Gasteiger partial charge >= 0.3 is 5.92 Å². The first kappa shape index (κ1) is 11.0. The van der Waals surface area contributed by atoms with Crippen molar-refractivity contribution < 1.29 is 22.6 Å². The Morgan fingerprint density at radius 1 is 1.27 bits per heavy atom. The third-order valence-corrected chi connectivity index (χ3v) is 1.32. The van der Waals surface area contributed by atoms with Crippen LogP contribution in [0.3, 0.4) is 0 Å². The van der Waals surface area contributed by atoms with E-state index in [0.717, 1.165) is 14.2 Å². The predicted octanol–water partition coefficient (Wildman–Crippen LogP) is 1.78. The molecule has 1 atom stereocenters. The van der Waals surface area contributed by atoms with Crippen LogP contribution in [0.2, 0.25) is 0 Å². The van der Waals surface area contributed by atoms with Crippen LogP contribution in [0.5, 0.6) is 0 Å². The summed E-state index contributed by atoms with van der Waals surface area (Å²) in [6.45, 7) is 0. The molecule has 0 saturated carbocycles. The minimum absolute atomic E-state index is 0.974. The third-order valence-electron chi connectivity index (χ3n) is 1.03. The molecule has 2 nitrogen and oxygen atoms in total. The zero-order valence-corrected chi connectivity index (χ0v) is 6.74. The van der Waals surface area contributed by atoms with Crippen LogP contribution in [0.4, 0.5) is 13.2 Å². The second-order valence-corrected chi connectivity index (χ2v) is 2.16. The fourth-order valence-electron chi connectivity index (χ4n) is 0.513. The lowest BCUT2D eigenvalue weighted by Crippen LogP contribution is -2.42. The summed E-state index contributed by atoms with van der Waals surface area (Å²) in [5, 5.41) is 0. The highest BCUT2D eigenvalue weighted by molar-refractivity contribution is 6.20. The SMILES string of the molecule is COC(OC)C(F)(F)C(F)Cl. The van der Waals surface area contributed by atoms with Crippen LogP contribution in [0.15, 0.2) is 0 Å². The van der Waals surface area contributed by atoms with Gasteiger partial charge in [-0.15, -0.1) is 0 Å². The van der Waals surface area contributed by atoms with Gasteiger partial charge in [-0.25, -0.2) is 4.39 Å². The van der Waals surface area contributed by atoms with E-state index in [9.17, 15) is 13.2 Å². The van der Waals surface area contributed by atoms with Gasteiger partial charge in [0.1, 0.15) is 0 Å². The number of rotatable bonds is 4. The quantitative estimate of drug-likeness (QED) is 0.499. The molecule has 0 aromatic rings. The van der Waals surface area contributed by atoms with Crippen molar-refractivity contribution in [2.75, 3.05) is 14.2 Å². The first-order valence-electron chi connectivity index (χ1n) is 2.68. The van der Waals surface area contributed by atoms with E-state index in [2.05, 4.69) is 21.1 Å². The van der Waals surface area contributed by atoms with E-state index in [0.29, 0.717) is 0 Å². The van der Waals surface area contributed by atoms with E-state index in [1.165, 1.54) is 0 Å². The zero-order valence-electron chi connectivity index (χ0n) is 5.98. The minimum atomic E-state index is -3.83. The Morgan fingerprint density at radius 2 is 1.64 bits per heavy atom. The van der Waals surface area contributed by atoms with E-state index in [1.807, 2.05) is 0 Å². The summed E-state index contributed by atoms with van der Waals surface area (Å²) in [5.41, 5.74) is -2.81. The summed E-state index contributed by atoms with van der Waals surface area (Å²) < 4.78 is 45.1. The Hall–Kier alpha value is -0.0000000000000000555. The van der Waals surface area contributed by atoms with Crippen molar-refractivity contribution in [1.29, 1.82) is 0 Å². The Morgan fingerprint density at radius 3 is 1.73 bits per heavy atom. The van der Waals surface area contributed by atoms with Crippen LogP contribution in [0.1, 0.15) is 0 Å². The normalized spacial score (nSPS) is 15.5. The molecule has 6 heteroatoms. The molecule has 0 radical (unpaired) electrons. The predicted molar refractivity (Wildman–Crippen MR) is 33.5 cm³/mol. The Kier molecular flexibility index (Phi) is 4.13. The second-order valence-electron chi connectivity index (χ2n) is 1.78. The van der Waals surface area contributed by atoms with Crippen LogP contribution in [0.25, 0.3) is 0 Å². The summed E-state index contributed by atoms with van der Waals surface area (Å²) in [7, 11) is 1.95. The summed E-state index contributed by atoms with van der Waals surface area (Å²) in [6, 6.07) is 0. The van der Waals surface area contributed by atoms with Gasteiger partial charge in [-0.05, 0) is 0 Å². The van der Waals surface area contributed by atoms with Gasteiger partial charge in [0.15, 0.2) is 0 Å². The van der Waals surface area contributed by atoms with Crippen LogP contribution < -0.4 is 0 Å². The molecule has 0 aliphatic rings. The molecule has 0 bridgehead atoms. The molecule has 0 aliphatic carbocycles. The summed E-state index contributed by atoms with van der Waals surface area (Å²) in [6.07, 6.45) is -1.95. The molecular formula is C5H8ClF3O2. The standard InChI is InChI=1S/C5H8ClF3O2/c1-10-4(11-2)5(8,9)3(6)7/h3-4H,1-2H3. The van der Waals surface area contributed by atoms with Gasteiger partial charge in [-0.2, -0.15) is 8.78 Å². The smallest absolute Gasteiger partial charge is 0.341 e. The van der Waals surface area contributed by atoms with Crippen molar-refractivity contribution >= 4 is 11.6 Å². The fourth-order valence-corrected chi connectivity index (χ4v) is 0.616. The lowest BCUT2D eigenvalue weighted by molar-refractivity contribution is -0.247. The molecule has 0 aliphatic heterocycles. The van der Waals surface area contributed by atoms with Crippen LogP contribution in [-0.2, 0) is 9.47 Å². The Balaban J connectivity index is 4.24. The van der Waals surface area contributed by atoms with Crippen molar-refractivity contribution in [1.82, 2.24) is 0 Å². The molecule has 1 unspecified atom stereocenters. The number of alkyl halides is 4. The largest absolute Gasteiger partial charge is 0.351 e. The van der Waals surface area contributed by atoms with E-state index in [4.69, 9.17) is 0 Å². The molecule has 0 N–H and O–H groups in total. The minimum Gasteiger partial charge on any atom is -0.351 e. The molecule has 0 aromatic carbocycles. The molecule has 0 aromatic heterocycles. The average molecular weight is 193 g/mol. The van der Waals surface area contributed by atoms with Gasteiger partial charge in [0, 0.05) is 14.2 Å². The maximum absolute atomic E-state index is 12.5. The van der Waals surface area contributed by atoms with E-state index >= 15 is 0 Å². The van der Waals surface area contributed by atoms with Gasteiger partial charge in [-0.1, -0.05) is 11.6 Å². The second kappa shape index (κ2) is 4.13. The first-order valence-corrected chi connectivity index (χ1v) is 3.12. The molecule has 68 valence electrons. The number of hydrogen-bond acceptors (Lipinski definition) is 2. The zero-order chi connectivity index (χ0) is 9.07. The monoisotopic (exact) mass is 192 g/mol. The van der Waals surface area contributed by atoms with Crippen molar-refractivity contribution in [3.8, 4) is 0 Å². The van der Waals surface area contributed by atoms with Gasteiger partial charge in [0.2, 0.25) is 11.9 Å². The van der Waals surface area contributed by atoms with Crippen LogP contribution in [0, 0.1) is 0 Å². The molecule has 0 amide bonds. The number of halogens is 4. The molecule has 0 rings (SSSR count). The number of ether oxygens (including phenoxy) is 2. The highest BCUT2D eigenvalue weighted by Gasteiger charge is 2.48. The lowest BCUT2D eigenvalue weighted by Gasteiger charge is -2.23. The molecule has 0 fully saturated rings. The third kappa shape index (κ3) is 2.50. The first-order chi connectivity index (χ1) is 4.96. The molecular weight excluding hydrogens is 184 g/mol. The molecule has 11 heavy (non-hydrogen) atoms. The van der Waals surface area contributed by atoms with Gasteiger partial charge in [0.25, 0.3) is 0 Å². The highest BCUT2D eigenvalue weighted by atomic mass is 35.5. The molecule has 0 spiro atoms. The maximum Gasteiger partial charge on any atom is 0.341 e.